The summed E-state index contributed by atoms with van der Waals surface area (Å²) in [4.78, 5) is 9.79. The van der Waals surface area contributed by atoms with E-state index in [9.17, 15) is 0 Å². The van der Waals surface area contributed by atoms with E-state index < -0.39 is 0 Å². The quantitative estimate of drug-likeness (QED) is 0.182. The summed E-state index contributed by atoms with van der Waals surface area (Å²) in [6, 6.07) is 8.12. The van der Waals surface area contributed by atoms with Crippen LogP contribution in [0.3, 0.4) is 0 Å². The van der Waals surface area contributed by atoms with Crippen LogP contribution < -0.4 is 0 Å². The second-order valence-electron chi connectivity index (χ2n) is 23.5. The highest BCUT2D eigenvalue weighted by Gasteiger charge is 2.43. The fourth-order valence-electron chi connectivity index (χ4n) is 16.8. The monoisotopic (exact) mass is 812 g/mol. The lowest BCUT2D eigenvalue weighted by Gasteiger charge is -2.52. The van der Waals surface area contributed by atoms with Crippen LogP contribution in [-0.4, -0.2) is 69.1 Å². The number of nitrogens with zero attached hydrogens (tertiary/aromatic N) is 3. The van der Waals surface area contributed by atoms with Crippen LogP contribution in [0.2, 0.25) is 0 Å². The van der Waals surface area contributed by atoms with Crippen molar-refractivity contribution in [1.29, 1.82) is 0 Å². The molecule has 0 radical (unpaired) electrons. The number of hydrogen-bond acceptors (Lipinski definition) is 3. The van der Waals surface area contributed by atoms with Crippen molar-refractivity contribution in [2.75, 3.05) is 0 Å². The molecule has 0 aromatic carbocycles. The van der Waals surface area contributed by atoms with Gasteiger partial charge in [0.2, 0.25) is 0 Å². The van der Waals surface area contributed by atoms with Crippen molar-refractivity contribution in [1.82, 2.24) is 14.7 Å². The average Bonchev–Trinajstić information content (AvgIpc) is 3.32. The van der Waals surface area contributed by atoms with Crippen molar-refractivity contribution in [3.05, 3.63) is 12.2 Å². The summed E-state index contributed by atoms with van der Waals surface area (Å²) >= 11 is 0. The van der Waals surface area contributed by atoms with Crippen LogP contribution in [-0.2, 0) is 0 Å². The minimum Gasteiger partial charge on any atom is -0.294 e. The van der Waals surface area contributed by atoms with Gasteiger partial charge in [-0.25, -0.2) is 0 Å². The van der Waals surface area contributed by atoms with E-state index in [-0.39, 0.29) is 0 Å². The molecule has 9 aliphatic rings. The van der Waals surface area contributed by atoms with E-state index in [1.807, 2.05) is 0 Å². The predicted molar refractivity (Wildman–Crippen MR) is 252 cm³/mol. The molecule has 0 saturated heterocycles. The third-order valence-corrected chi connectivity index (χ3v) is 20.0. The molecule has 9 fully saturated rings. The summed E-state index contributed by atoms with van der Waals surface area (Å²) in [5.74, 6) is 3.84. The first-order valence-corrected chi connectivity index (χ1v) is 28.3. The molecule has 0 heterocycles. The largest absolute Gasteiger partial charge is 0.294 e. The lowest BCUT2D eigenvalue weighted by atomic mass is 9.70. The van der Waals surface area contributed by atoms with E-state index in [1.54, 1.807) is 25.7 Å². The Kier molecular flexibility index (Phi) is 16.7. The van der Waals surface area contributed by atoms with Crippen LogP contribution in [0.15, 0.2) is 12.2 Å². The van der Waals surface area contributed by atoms with Gasteiger partial charge in [-0.3, -0.25) is 14.7 Å². The van der Waals surface area contributed by atoms with Crippen LogP contribution in [0, 0.1) is 23.7 Å². The van der Waals surface area contributed by atoms with Crippen molar-refractivity contribution in [3.8, 4) is 0 Å². The van der Waals surface area contributed by atoms with Crippen LogP contribution >= 0.6 is 0 Å². The van der Waals surface area contributed by atoms with Gasteiger partial charge >= 0.3 is 0 Å². The lowest BCUT2D eigenvalue weighted by molar-refractivity contribution is -0.0252. The van der Waals surface area contributed by atoms with Gasteiger partial charge in [0.25, 0.3) is 0 Å². The first-order chi connectivity index (χ1) is 29.3. The summed E-state index contributed by atoms with van der Waals surface area (Å²) in [7, 11) is 0. The van der Waals surface area contributed by atoms with Gasteiger partial charge in [0.15, 0.2) is 0 Å². The van der Waals surface area contributed by atoms with E-state index in [4.69, 9.17) is 0 Å². The maximum Gasteiger partial charge on any atom is 0.0102 e. The zero-order valence-electron chi connectivity index (χ0n) is 39.0. The van der Waals surface area contributed by atoms with Gasteiger partial charge in [-0.15, -0.1) is 0 Å². The molecule has 0 atom stereocenters. The Hall–Kier alpha value is -0.380. The molecule has 0 aromatic rings. The van der Waals surface area contributed by atoms with Crippen LogP contribution in [0.1, 0.15) is 263 Å². The highest BCUT2D eigenvalue weighted by atomic mass is 15.2. The number of rotatable bonds is 12. The summed E-state index contributed by atoms with van der Waals surface area (Å²) in [6.07, 6.45) is 67.1. The molecule has 9 saturated carbocycles. The molecule has 0 amide bonds. The Bertz CT molecular complexity index is 1170. The van der Waals surface area contributed by atoms with E-state index in [0.717, 1.165) is 78.0 Å². The van der Waals surface area contributed by atoms with Gasteiger partial charge in [-0.2, -0.15) is 0 Å². The molecule has 9 rings (SSSR count). The molecule has 0 bridgehead atoms. The number of hydrogen-bond donors (Lipinski definition) is 0. The highest BCUT2D eigenvalue weighted by Crippen LogP contribution is 2.46. The summed E-state index contributed by atoms with van der Waals surface area (Å²) in [5.41, 5.74) is 0. The maximum atomic E-state index is 3.30. The Morgan fingerprint density at radius 2 is 0.390 bits per heavy atom. The minimum atomic E-state index is 0.874. The third-order valence-electron chi connectivity index (χ3n) is 20.0. The topological polar surface area (TPSA) is 9.72 Å². The fourth-order valence-corrected chi connectivity index (χ4v) is 16.8. The van der Waals surface area contributed by atoms with E-state index in [0.29, 0.717) is 0 Å². The standard InChI is InChI=1S/C56H97N3/c1-6-16-44(17-7-1)26-27-45-28-34-52(35-29-45)58(50-22-12-4-13-23-50)53-36-30-46(31-37-53)47-32-38-54(39-33-47)59(51-24-14-5-15-25-51)56-42-40-55(41-43-56)57(48-18-8-2-9-19-48)49-20-10-3-11-21-49/h26-27,44-56H,1-25,28-43H2. The van der Waals surface area contributed by atoms with Gasteiger partial charge in [-0.1, -0.05) is 108 Å². The van der Waals surface area contributed by atoms with Gasteiger partial charge < -0.3 is 0 Å². The molecule has 0 aliphatic heterocycles. The van der Waals surface area contributed by atoms with Crippen LogP contribution in [0.25, 0.3) is 0 Å². The second kappa shape index (κ2) is 22.5. The van der Waals surface area contributed by atoms with Gasteiger partial charge in [0.1, 0.15) is 0 Å². The minimum absolute atomic E-state index is 0.874. The molecule has 9 aliphatic carbocycles. The average molecular weight is 812 g/mol. The Morgan fingerprint density at radius 3 is 0.678 bits per heavy atom. The van der Waals surface area contributed by atoms with Crippen molar-refractivity contribution in [2.24, 2.45) is 23.7 Å². The second-order valence-corrected chi connectivity index (χ2v) is 23.5. The Morgan fingerprint density at radius 1 is 0.186 bits per heavy atom. The SMILES string of the molecule is C(=CC1CCC(N(C2CCCCC2)C2CCC(C3CCC(N(C4CCCCC4)C4CCC(N(C5CCCCC5)C5CCCCC5)CC4)CC3)CC2)CC1)C1CCCCC1. The van der Waals surface area contributed by atoms with Crippen LogP contribution in [0.5, 0.6) is 0 Å². The molecule has 3 heteroatoms. The zero-order chi connectivity index (χ0) is 39.6. The molecule has 0 unspecified atom stereocenters. The first-order valence-electron chi connectivity index (χ1n) is 28.3. The fraction of sp³-hybridized carbons (Fsp3) is 0.964. The molecular weight excluding hydrogens is 715 g/mol. The van der Waals surface area contributed by atoms with Crippen LogP contribution in [0.4, 0.5) is 0 Å². The Labute approximate surface area is 366 Å². The third kappa shape index (κ3) is 11.5. The smallest absolute Gasteiger partial charge is 0.0102 e. The highest BCUT2D eigenvalue weighted by molar-refractivity contribution is 5.00. The molecule has 0 N–H and O–H groups in total. The molecule has 3 nitrogen and oxygen atoms in total. The molecule has 59 heavy (non-hydrogen) atoms. The normalized spacial score (nSPS) is 37.8. The van der Waals surface area contributed by atoms with Gasteiger partial charge in [0, 0.05) is 54.4 Å². The number of allylic oxidation sites excluding steroid dienone is 2. The van der Waals surface area contributed by atoms with Gasteiger partial charge in [0.05, 0.1) is 0 Å². The van der Waals surface area contributed by atoms with E-state index >= 15 is 0 Å². The van der Waals surface area contributed by atoms with E-state index in [2.05, 4.69) is 26.9 Å². The summed E-state index contributed by atoms with van der Waals surface area (Å²) in [5, 5.41) is 0. The van der Waals surface area contributed by atoms with E-state index in [1.165, 1.54) is 238 Å². The van der Waals surface area contributed by atoms with Crippen molar-refractivity contribution >= 4 is 0 Å². The molecule has 0 spiro atoms. The van der Waals surface area contributed by atoms with Crippen molar-refractivity contribution in [3.63, 3.8) is 0 Å². The Balaban J connectivity index is 0.776. The van der Waals surface area contributed by atoms with Crippen molar-refractivity contribution < 1.29 is 0 Å². The zero-order valence-corrected chi connectivity index (χ0v) is 39.0. The maximum absolute atomic E-state index is 3.30. The molecule has 336 valence electrons. The molecule has 0 aromatic heterocycles. The van der Waals surface area contributed by atoms with Crippen molar-refractivity contribution in [2.45, 2.75) is 318 Å². The summed E-state index contributed by atoms with van der Waals surface area (Å²) < 4.78 is 0. The molecular formula is C56H97N3. The summed E-state index contributed by atoms with van der Waals surface area (Å²) in [6.45, 7) is 0. The lowest BCUT2D eigenvalue weighted by Crippen LogP contribution is -2.56. The van der Waals surface area contributed by atoms with Gasteiger partial charge in [-0.05, 0) is 191 Å². The predicted octanol–water partition coefficient (Wildman–Crippen LogP) is 15.3. The first kappa shape index (κ1) is 43.9.